The van der Waals surface area contributed by atoms with Gasteiger partial charge in [0.2, 0.25) is 0 Å². The molecule has 4 nitrogen and oxygen atoms in total. The molecule has 0 spiro atoms. The monoisotopic (exact) mass is 316 g/mol. The molecule has 112 valence electrons. The SMILES string of the molecule is CCc1c(N)ncnc1Nc1ccc(Cl)cc1C(F)(F)F. The van der Waals surface area contributed by atoms with Gasteiger partial charge < -0.3 is 11.1 Å². The van der Waals surface area contributed by atoms with Crippen molar-refractivity contribution in [3.63, 3.8) is 0 Å². The molecule has 0 amide bonds. The first-order valence-corrected chi connectivity index (χ1v) is 6.43. The van der Waals surface area contributed by atoms with Gasteiger partial charge in [0.1, 0.15) is 18.0 Å². The molecule has 0 fully saturated rings. The van der Waals surface area contributed by atoms with Crippen LogP contribution in [0.2, 0.25) is 5.02 Å². The average Bonchev–Trinajstić information content (AvgIpc) is 2.40. The minimum absolute atomic E-state index is 0.00536. The van der Waals surface area contributed by atoms with Crippen molar-refractivity contribution in [1.29, 1.82) is 0 Å². The van der Waals surface area contributed by atoms with Gasteiger partial charge in [-0.25, -0.2) is 9.97 Å². The van der Waals surface area contributed by atoms with E-state index in [1.165, 1.54) is 18.5 Å². The molecular formula is C13H12ClF3N4. The Hall–Kier alpha value is -2.02. The first kappa shape index (κ1) is 15.4. The fourth-order valence-corrected chi connectivity index (χ4v) is 2.04. The molecule has 0 bridgehead atoms. The summed E-state index contributed by atoms with van der Waals surface area (Å²) < 4.78 is 39.1. The zero-order valence-electron chi connectivity index (χ0n) is 11.0. The summed E-state index contributed by atoms with van der Waals surface area (Å²) in [6.45, 7) is 1.81. The Morgan fingerprint density at radius 1 is 1.29 bits per heavy atom. The second-order valence-corrected chi connectivity index (χ2v) is 4.69. The third kappa shape index (κ3) is 3.36. The van der Waals surface area contributed by atoms with Crippen LogP contribution in [0.3, 0.4) is 0 Å². The summed E-state index contributed by atoms with van der Waals surface area (Å²) in [6, 6.07) is 3.48. The highest BCUT2D eigenvalue weighted by Gasteiger charge is 2.34. The minimum atomic E-state index is -4.53. The number of rotatable bonds is 3. The standard InChI is InChI=1S/C13H12ClF3N4/c1-2-8-11(18)19-6-20-12(8)21-10-4-3-7(14)5-9(10)13(15,16)17/h3-6H,2H2,1H3,(H3,18,19,20,21). The lowest BCUT2D eigenvalue weighted by atomic mass is 10.1. The van der Waals surface area contributed by atoms with Crippen molar-refractivity contribution in [3.8, 4) is 0 Å². The van der Waals surface area contributed by atoms with E-state index in [-0.39, 0.29) is 22.3 Å². The highest BCUT2D eigenvalue weighted by Crippen LogP contribution is 2.38. The summed E-state index contributed by atoms with van der Waals surface area (Å²) in [5, 5.41) is 2.66. The first-order chi connectivity index (χ1) is 9.82. The van der Waals surface area contributed by atoms with E-state index in [2.05, 4.69) is 15.3 Å². The minimum Gasteiger partial charge on any atom is -0.383 e. The summed E-state index contributed by atoms with van der Waals surface area (Å²) >= 11 is 5.64. The summed E-state index contributed by atoms with van der Waals surface area (Å²) in [5.41, 5.74) is 5.25. The molecule has 0 aliphatic rings. The zero-order valence-corrected chi connectivity index (χ0v) is 11.8. The Bertz CT molecular complexity index is 658. The molecule has 3 N–H and O–H groups in total. The number of nitrogens with zero attached hydrogens (tertiary/aromatic N) is 2. The highest BCUT2D eigenvalue weighted by atomic mass is 35.5. The van der Waals surface area contributed by atoms with Crippen LogP contribution >= 0.6 is 11.6 Å². The van der Waals surface area contributed by atoms with Crippen LogP contribution in [0.15, 0.2) is 24.5 Å². The number of hydrogen-bond acceptors (Lipinski definition) is 4. The Kier molecular flexibility index (Phi) is 4.22. The molecular weight excluding hydrogens is 305 g/mol. The number of halogens is 4. The maximum atomic E-state index is 13.0. The molecule has 1 heterocycles. The molecule has 1 aromatic heterocycles. The van der Waals surface area contributed by atoms with Crippen molar-refractivity contribution in [2.45, 2.75) is 19.5 Å². The van der Waals surface area contributed by atoms with E-state index < -0.39 is 11.7 Å². The number of nitrogens with two attached hydrogens (primary N) is 1. The maximum absolute atomic E-state index is 13.0. The lowest BCUT2D eigenvalue weighted by molar-refractivity contribution is -0.136. The fourth-order valence-electron chi connectivity index (χ4n) is 1.87. The Morgan fingerprint density at radius 2 is 2.00 bits per heavy atom. The quantitative estimate of drug-likeness (QED) is 0.897. The van der Waals surface area contributed by atoms with Crippen LogP contribution in [0.1, 0.15) is 18.1 Å². The first-order valence-electron chi connectivity index (χ1n) is 6.06. The van der Waals surface area contributed by atoms with E-state index in [0.29, 0.717) is 12.0 Å². The Balaban J connectivity index is 2.48. The van der Waals surface area contributed by atoms with Gasteiger partial charge in [-0.3, -0.25) is 0 Å². The maximum Gasteiger partial charge on any atom is 0.418 e. The molecule has 21 heavy (non-hydrogen) atoms. The van der Waals surface area contributed by atoms with Crippen LogP contribution in [0, 0.1) is 0 Å². The predicted octanol–water partition coefficient (Wildman–Crippen LogP) is 4.04. The van der Waals surface area contributed by atoms with E-state index in [9.17, 15) is 13.2 Å². The number of alkyl halides is 3. The fraction of sp³-hybridized carbons (Fsp3) is 0.231. The van der Waals surface area contributed by atoms with Crippen LogP contribution in [0.25, 0.3) is 0 Å². The molecule has 0 aliphatic heterocycles. The largest absolute Gasteiger partial charge is 0.418 e. The highest BCUT2D eigenvalue weighted by molar-refractivity contribution is 6.30. The second-order valence-electron chi connectivity index (χ2n) is 4.25. The van der Waals surface area contributed by atoms with E-state index in [1.54, 1.807) is 0 Å². The van der Waals surface area contributed by atoms with Gasteiger partial charge in [-0.15, -0.1) is 0 Å². The molecule has 0 unspecified atom stereocenters. The average molecular weight is 317 g/mol. The van der Waals surface area contributed by atoms with Crippen LogP contribution in [0.4, 0.5) is 30.5 Å². The lowest BCUT2D eigenvalue weighted by Crippen LogP contribution is -2.11. The van der Waals surface area contributed by atoms with Crippen molar-refractivity contribution >= 4 is 28.9 Å². The molecule has 0 aliphatic carbocycles. The zero-order chi connectivity index (χ0) is 15.6. The van der Waals surface area contributed by atoms with Gasteiger partial charge in [0.05, 0.1) is 11.3 Å². The van der Waals surface area contributed by atoms with E-state index in [1.807, 2.05) is 6.92 Å². The Morgan fingerprint density at radius 3 is 2.62 bits per heavy atom. The van der Waals surface area contributed by atoms with Gasteiger partial charge in [-0.1, -0.05) is 18.5 Å². The van der Waals surface area contributed by atoms with E-state index in [0.717, 1.165) is 6.07 Å². The predicted molar refractivity (Wildman–Crippen MR) is 75.6 cm³/mol. The molecule has 8 heteroatoms. The summed E-state index contributed by atoms with van der Waals surface area (Å²) in [7, 11) is 0. The molecule has 2 rings (SSSR count). The number of benzene rings is 1. The van der Waals surface area contributed by atoms with Crippen molar-refractivity contribution in [2.24, 2.45) is 0 Å². The molecule has 1 aromatic carbocycles. The molecule has 2 aromatic rings. The molecule has 0 saturated heterocycles. The molecule has 0 saturated carbocycles. The van der Waals surface area contributed by atoms with Gasteiger partial charge in [0.25, 0.3) is 0 Å². The van der Waals surface area contributed by atoms with Gasteiger partial charge in [0, 0.05) is 10.6 Å². The second kappa shape index (κ2) is 5.77. The number of anilines is 3. The van der Waals surface area contributed by atoms with Crippen LogP contribution < -0.4 is 11.1 Å². The van der Waals surface area contributed by atoms with E-state index in [4.69, 9.17) is 17.3 Å². The number of nitrogens with one attached hydrogen (secondary N) is 1. The van der Waals surface area contributed by atoms with Crippen LogP contribution in [-0.2, 0) is 12.6 Å². The van der Waals surface area contributed by atoms with Crippen LogP contribution in [-0.4, -0.2) is 9.97 Å². The van der Waals surface area contributed by atoms with Gasteiger partial charge in [0.15, 0.2) is 0 Å². The van der Waals surface area contributed by atoms with Crippen molar-refractivity contribution in [1.82, 2.24) is 9.97 Å². The lowest BCUT2D eigenvalue weighted by Gasteiger charge is -2.16. The van der Waals surface area contributed by atoms with Crippen molar-refractivity contribution in [3.05, 3.63) is 40.7 Å². The van der Waals surface area contributed by atoms with Crippen molar-refractivity contribution in [2.75, 3.05) is 11.1 Å². The third-order valence-corrected chi connectivity index (χ3v) is 3.11. The van der Waals surface area contributed by atoms with Gasteiger partial charge >= 0.3 is 6.18 Å². The molecule has 0 atom stereocenters. The van der Waals surface area contributed by atoms with Crippen LogP contribution in [0.5, 0.6) is 0 Å². The summed E-state index contributed by atoms with van der Waals surface area (Å²) in [5.74, 6) is 0.482. The Labute approximate surface area is 124 Å². The number of hydrogen-bond donors (Lipinski definition) is 2. The molecule has 0 radical (unpaired) electrons. The van der Waals surface area contributed by atoms with Crippen molar-refractivity contribution < 1.29 is 13.2 Å². The topological polar surface area (TPSA) is 63.8 Å². The third-order valence-electron chi connectivity index (χ3n) is 2.87. The van der Waals surface area contributed by atoms with E-state index >= 15 is 0 Å². The number of nitrogen functional groups attached to an aromatic ring is 1. The van der Waals surface area contributed by atoms with Gasteiger partial charge in [-0.05, 0) is 24.6 Å². The van der Waals surface area contributed by atoms with Gasteiger partial charge in [-0.2, -0.15) is 13.2 Å². The number of aromatic nitrogens is 2. The normalized spacial score (nSPS) is 11.5. The smallest absolute Gasteiger partial charge is 0.383 e. The summed E-state index contributed by atoms with van der Waals surface area (Å²) in [4.78, 5) is 7.77. The summed E-state index contributed by atoms with van der Waals surface area (Å²) in [6.07, 6.45) is -2.85.